The number of carboxylic acids is 1. The average molecular weight is 354 g/mol. The first-order valence-corrected chi connectivity index (χ1v) is 9.87. The second-order valence-electron chi connectivity index (χ2n) is 7.75. The van der Waals surface area contributed by atoms with Crippen molar-refractivity contribution in [2.45, 2.75) is 88.9 Å². The first kappa shape index (κ1) is 20.4. The molecule has 0 aromatic rings. The zero-order valence-electron chi connectivity index (χ0n) is 15.4. The molecule has 0 saturated heterocycles. The van der Waals surface area contributed by atoms with E-state index in [0.29, 0.717) is 19.4 Å². The predicted molar refractivity (Wildman–Crippen MR) is 96.3 cm³/mol. The lowest BCUT2D eigenvalue weighted by molar-refractivity contribution is -0.137. The van der Waals surface area contributed by atoms with Crippen molar-refractivity contribution in [3.8, 4) is 0 Å². The van der Waals surface area contributed by atoms with Crippen LogP contribution in [0.1, 0.15) is 71.1 Å². The van der Waals surface area contributed by atoms with E-state index >= 15 is 0 Å². The maximum absolute atomic E-state index is 11.1. The Morgan fingerprint density at radius 1 is 1.32 bits per heavy atom. The fraction of sp³-hybridized carbons (Fsp3) is 0.850. The van der Waals surface area contributed by atoms with Gasteiger partial charge < -0.3 is 20.1 Å². The van der Waals surface area contributed by atoms with E-state index in [0.717, 1.165) is 44.9 Å². The van der Waals surface area contributed by atoms with Gasteiger partial charge in [0.15, 0.2) is 0 Å². The van der Waals surface area contributed by atoms with Crippen molar-refractivity contribution in [1.29, 1.82) is 0 Å². The van der Waals surface area contributed by atoms with Crippen molar-refractivity contribution in [3.63, 3.8) is 0 Å². The van der Waals surface area contributed by atoms with Gasteiger partial charge >= 0.3 is 5.97 Å². The van der Waals surface area contributed by atoms with Crippen LogP contribution in [0.2, 0.25) is 0 Å². The maximum Gasteiger partial charge on any atom is 0.303 e. The molecule has 0 aromatic carbocycles. The highest BCUT2D eigenvalue weighted by Gasteiger charge is 2.54. The largest absolute Gasteiger partial charge is 0.481 e. The third-order valence-corrected chi connectivity index (χ3v) is 5.83. The summed E-state index contributed by atoms with van der Waals surface area (Å²) in [5.41, 5.74) is -0.725. The molecule has 144 valence electrons. The van der Waals surface area contributed by atoms with Crippen LogP contribution >= 0.6 is 0 Å². The molecule has 2 aliphatic rings. The van der Waals surface area contributed by atoms with Gasteiger partial charge in [-0.2, -0.15) is 0 Å². The predicted octanol–water partition coefficient (Wildman–Crippen LogP) is 3.28. The van der Waals surface area contributed by atoms with Crippen molar-refractivity contribution < 1.29 is 24.9 Å². The van der Waals surface area contributed by atoms with E-state index in [1.165, 1.54) is 0 Å². The fourth-order valence-corrected chi connectivity index (χ4v) is 4.41. The van der Waals surface area contributed by atoms with E-state index in [2.05, 4.69) is 6.92 Å². The minimum atomic E-state index is -0.798. The molecule has 2 rings (SSSR count). The highest BCUT2D eigenvalue weighted by Crippen LogP contribution is 2.52. The van der Waals surface area contributed by atoms with Crippen molar-refractivity contribution >= 4 is 5.97 Å². The second kappa shape index (κ2) is 9.70. The van der Waals surface area contributed by atoms with Gasteiger partial charge in [-0.05, 0) is 38.0 Å². The molecule has 0 heterocycles. The van der Waals surface area contributed by atoms with Crippen LogP contribution in [-0.4, -0.2) is 45.7 Å². The van der Waals surface area contributed by atoms with Gasteiger partial charge in [-0.1, -0.05) is 38.3 Å². The van der Waals surface area contributed by atoms with Crippen LogP contribution < -0.4 is 0 Å². The number of rotatable bonds is 11. The molecule has 5 nitrogen and oxygen atoms in total. The van der Waals surface area contributed by atoms with Gasteiger partial charge in [0.25, 0.3) is 0 Å². The molecule has 2 aliphatic carbocycles. The lowest BCUT2D eigenvalue weighted by Gasteiger charge is -2.28. The Morgan fingerprint density at radius 3 is 2.84 bits per heavy atom. The Bertz CT molecular complexity index is 449. The summed E-state index contributed by atoms with van der Waals surface area (Å²) in [4.78, 5) is 10.5. The fourth-order valence-electron chi connectivity index (χ4n) is 4.41. The smallest absolute Gasteiger partial charge is 0.303 e. The van der Waals surface area contributed by atoms with Crippen LogP contribution in [0, 0.1) is 11.8 Å². The standard InChI is InChI=1S/C20H34O5/c1-2-3-4-6-17(21)11-10-15-8-9-16-13-18(14-20(15,16)24)25-12-5-7-19(22)23/h10-11,15-18,21,24H,2-9,12-14H2,1H3,(H,22,23)/t15-,16+,17?,18?,20+/m0/s1. The zero-order chi connectivity index (χ0) is 18.3. The molecule has 0 bridgehead atoms. The summed E-state index contributed by atoms with van der Waals surface area (Å²) in [6, 6.07) is 0. The molecular weight excluding hydrogens is 320 g/mol. The Labute approximate surface area is 151 Å². The second-order valence-corrected chi connectivity index (χ2v) is 7.75. The zero-order valence-corrected chi connectivity index (χ0v) is 15.4. The van der Waals surface area contributed by atoms with Gasteiger partial charge in [0.2, 0.25) is 0 Å². The minimum absolute atomic E-state index is 0.0227. The SMILES string of the molecule is CCCCCC(O)C=C[C@@H]1CC[C@@H]2CC(OCCCC(=O)O)C[C@]21O. The van der Waals surface area contributed by atoms with Crippen molar-refractivity contribution in [2.75, 3.05) is 6.61 Å². The molecule has 2 unspecified atom stereocenters. The Balaban J connectivity index is 1.78. The number of carboxylic acid groups (broad SMARTS) is 1. The lowest BCUT2D eigenvalue weighted by atomic mass is 9.86. The van der Waals surface area contributed by atoms with Gasteiger partial charge in [0, 0.05) is 25.4 Å². The number of hydrogen-bond acceptors (Lipinski definition) is 4. The van der Waals surface area contributed by atoms with Gasteiger partial charge in [0.05, 0.1) is 17.8 Å². The van der Waals surface area contributed by atoms with Crippen molar-refractivity contribution in [3.05, 3.63) is 12.2 Å². The summed E-state index contributed by atoms with van der Waals surface area (Å²) in [6.07, 6.45) is 11.7. The molecule has 2 saturated carbocycles. The van der Waals surface area contributed by atoms with E-state index in [9.17, 15) is 15.0 Å². The number of aliphatic hydroxyl groups excluding tert-OH is 1. The number of unbranched alkanes of at least 4 members (excludes halogenated alkanes) is 2. The normalized spacial score (nSPS) is 33.0. The van der Waals surface area contributed by atoms with E-state index < -0.39 is 17.7 Å². The number of aliphatic carboxylic acids is 1. The lowest BCUT2D eigenvalue weighted by Crippen LogP contribution is -2.35. The highest BCUT2D eigenvalue weighted by molar-refractivity contribution is 5.66. The average Bonchev–Trinajstić information content (AvgIpc) is 3.03. The number of aliphatic hydroxyl groups is 2. The summed E-state index contributed by atoms with van der Waals surface area (Å²) < 4.78 is 5.80. The molecule has 0 spiro atoms. The molecule has 25 heavy (non-hydrogen) atoms. The molecular formula is C20H34O5. The molecule has 3 N–H and O–H groups in total. The van der Waals surface area contributed by atoms with E-state index in [1.807, 2.05) is 12.2 Å². The molecule has 0 aromatic heterocycles. The van der Waals surface area contributed by atoms with Crippen molar-refractivity contribution in [1.82, 2.24) is 0 Å². The van der Waals surface area contributed by atoms with Crippen LogP contribution in [-0.2, 0) is 9.53 Å². The van der Waals surface area contributed by atoms with Crippen LogP contribution in [0.15, 0.2) is 12.2 Å². The number of ether oxygens (including phenoxy) is 1. The third kappa shape index (κ3) is 5.80. The highest BCUT2D eigenvalue weighted by atomic mass is 16.5. The molecule has 2 fully saturated rings. The Kier molecular flexibility index (Phi) is 7.91. The van der Waals surface area contributed by atoms with Crippen LogP contribution in [0.3, 0.4) is 0 Å². The first-order chi connectivity index (χ1) is 12.0. The molecule has 0 radical (unpaired) electrons. The Hall–Kier alpha value is -0.910. The monoisotopic (exact) mass is 354 g/mol. The Morgan fingerprint density at radius 2 is 2.12 bits per heavy atom. The van der Waals surface area contributed by atoms with Gasteiger partial charge in [-0.15, -0.1) is 0 Å². The van der Waals surface area contributed by atoms with E-state index in [-0.39, 0.29) is 24.4 Å². The topological polar surface area (TPSA) is 87.0 Å². The van der Waals surface area contributed by atoms with Gasteiger partial charge in [-0.3, -0.25) is 4.79 Å². The number of carbonyl (C=O) groups is 1. The van der Waals surface area contributed by atoms with E-state index in [1.54, 1.807) is 0 Å². The molecule has 5 heteroatoms. The summed E-state index contributed by atoms with van der Waals surface area (Å²) >= 11 is 0. The maximum atomic E-state index is 11.1. The molecule has 0 aliphatic heterocycles. The quantitative estimate of drug-likeness (QED) is 0.391. The summed E-state index contributed by atoms with van der Waals surface area (Å²) in [5.74, 6) is -0.456. The number of fused-ring (bicyclic) bond motifs is 1. The van der Waals surface area contributed by atoms with Gasteiger partial charge in [0.1, 0.15) is 0 Å². The van der Waals surface area contributed by atoms with E-state index in [4.69, 9.17) is 9.84 Å². The summed E-state index contributed by atoms with van der Waals surface area (Å²) in [5, 5.41) is 29.8. The van der Waals surface area contributed by atoms with Crippen LogP contribution in [0.4, 0.5) is 0 Å². The summed E-state index contributed by atoms with van der Waals surface area (Å²) in [6.45, 7) is 2.59. The summed E-state index contributed by atoms with van der Waals surface area (Å²) in [7, 11) is 0. The first-order valence-electron chi connectivity index (χ1n) is 9.87. The number of hydrogen-bond donors (Lipinski definition) is 3. The third-order valence-electron chi connectivity index (χ3n) is 5.83. The van der Waals surface area contributed by atoms with Crippen molar-refractivity contribution in [2.24, 2.45) is 11.8 Å². The van der Waals surface area contributed by atoms with Gasteiger partial charge in [-0.25, -0.2) is 0 Å². The molecule has 0 amide bonds. The van der Waals surface area contributed by atoms with Crippen LogP contribution in [0.25, 0.3) is 0 Å². The van der Waals surface area contributed by atoms with Crippen LogP contribution in [0.5, 0.6) is 0 Å². The molecule has 5 atom stereocenters. The minimum Gasteiger partial charge on any atom is -0.481 e.